The standard InChI is InChI=1S/C17H12ClN3OS/c1-9(22)20-17-21-15-6-10-8-19-14(7-12(10)16(15)23-17)11-4-2-3-5-13(11)18/h2-5,7-8H,6H2,1H3,(H,20,21,22). The van der Waals surface area contributed by atoms with Crippen molar-refractivity contribution in [1.29, 1.82) is 0 Å². The Balaban J connectivity index is 1.78. The minimum atomic E-state index is -0.107. The summed E-state index contributed by atoms with van der Waals surface area (Å²) in [5, 5.41) is 4.08. The maximum atomic E-state index is 11.2. The van der Waals surface area contributed by atoms with E-state index in [0.29, 0.717) is 10.2 Å². The molecule has 0 spiro atoms. The highest BCUT2D eigenvalue weighted by Crippen LogP contribution is 2.43. The Bertz CT molecular complexity index is 935. The van der Waals surface area contributed by atoms with Crippen molar-refractivity contribution in [3.63, 3.8) is 0 Å². The number of hydrogen-bond donors (Lipinski definition) is 1. The molecule has 1 aliphatic carbocycles. The van der Waals surface area contributed by atoms with E-state index in [2.05, 4.69) is 21.4 Å². The van der Waals surface area contributed by atoms with Gasteiger partial charge in [-0.05, 0) is 17.7 Å². The molecule has 6 heteroatoms. The molecule has 0 atom stereocenters. The minimum absolute atomic E-state index is 0.107. The van der Waals surface area contributed by atoms with E-state index in [4.69, 9.17) is 11.6 Å². The number of carbonyl (C=O) groups excluding carboxylic acids is 1. The summed E-state index contributed by atoms with van der Waals surface area (Å²) in [5.41, 5.74) is 5.03. The van der Waals surface area contributed by atoms with Crippen molar-refractivity contribution in [2.75, 3.05) is 5.32 Å². The van der Waals surface area contributed by atoms with Crippen molar-refractivity contribution >= 4 is 34.0 Å². The molecule has 1 N–H and O–H groups in total. The quantitative estimate of drug-likeness (QED) is 0.588. The third-order valence-corrected chi connectivity index (χ3v) is 5.10. The average Bonchev–Trinajstić information content (AvgIpc) is 3.03. The first kappa shape index (κ1) is 14.4. The van der Waals surface area contributed by atoms with Crippen LogP contribution in [0.25, 0.3) is 21.7 Å². The van der Waals surface area contributed by atoms with E-state index in [1.807, 2.05) is 30.5 Å². The molecule has 4 nitrogen and oxygen atoms in total. The summed E-state index contributed by atoms with van der Waals surface area (Å²) in [6, 6.07) is 9.72. The lowest BCUT2D eigenvalue weighted by Crippen LogP contribution is -2.05. The SMILES string of the molecule is CC(=O)Nc1nc2c(s1)-c1cc(-c3ccccc3Cl)ncc1C2. The zero-order chi connectivity index (χ0) is 16.0. The highest BCUT2D eigenvalue weighted by atomic mass is 35.5. The van der Waals surface area contributed by atoms with Crippen LogP contribution < -0.4 is 5.32 Å². The first-order chi connectivity index (χ1) is 11.1. The number of aromatic nitrogens is 2. The van der Waals surface area contributed by atoms with Gasteiger partial charge in [0.2, 0.25) is 5.91 Å². The van der Waals surface area contributed by atoms with Crippen molar-refractivity contribution in [2.24, 2.45) is 0 Å². The van der Waals surface area contributed by atoms with Gasteiger partial charge in [0, 0.05) is 35.7 Å². The maximum Gasteiger partial charge on any atom is 0.223 e. The molecule has 2 aromatic heterocycles. The van der Waals surface area contributed by atoms with Gasteiger partial charge < -0.3 is 5.32 Å². The second kappa shape index (κ2) is 5.44. The molecule has 0 radical (unpaired) electrons. The van der Waals surface area contributed by atoms with Gasteiger partial charge >= 0.3 is 0 Å². The monoisotopic (exact) mass is 341 g/mol. The van der Waals surface area contributed by atoms with E-state index in [1.54, 1.807) is 0 Å². The van der Waals surface area contributed by atoms with Crippen LogP contribution in [0.4, 0.5) is 5.13 Å². The molecule has 0 saturated heterocycles. The van der Waals surface area contributed by atoms with E-state index < -0.39 is 0 Å². The highest BCUT2D eigenvalue weighted by Gasteiger charge is 2.24. The van der Waals surface area contributed by atoms with Crippen LogP contribution in [0.3, 0.4) is 0 Å². The summed E-state index contributed by atoms with van der Waals surface area (Å²) >= 11 is 7.77. The number of thiazole rings is 1. The van der Waals surface area contributed by atoms with Crippen LogP contribution >= 0.6 is 22.9 Å². The number of benzene rings is 1. The normalized spacial score (nSPS) is 11.9. The summed E-state index contributed by atoms with van der Waals surface area (Å²) in [6.45, 7) is 1.49. The van der Waals surface area contributed by atoms with E-state index in [9.17, 15) is 4.79 Å². The summed E-state index contributed by atoms with van der Waals surface area (Å²) in [5.74, 6) is -0.107. The Morgan fingerprint density at radius 3 is 2.91 bits per heavy atom. The van der Waals surface area contributed by atoms with E-state index in [-0.39, 0.29) is 5.91 Å². The average molecular weight is 342 g/mol. The molecule has 0 aliphatic heterocycles. The van der Waals surface area contributed by atoms with Crippen LogP contribution in [0.5, 0.6) is 0 Å². The predicted molar refractivity (Wildman–Crippen MR) is 92.9 cm³/mol. The molecular formula is C17H12ClN3OS. The van der Waals surface area contributed by atoms with Crippen LogP contribution in [0.1, 0.15) is 18.2 Å². The molecule has 1 aromatic carbocycles. The van der Waals surface area contributed by atoms with Crippen molar-refractivity contribution in [3.05, 3.63) is 52.8 Å². The summed E-state index contributed by atoms with van der Waals surface area (Å²) in [4.78, 5) is 21.3. The Morgan fingerprint density at radius 1 is 1.30 bits per heavy atom. The first-order valence-corrected chi connectivity index (χ1v) is 8.33. The zero-order valence-electron chi connectivity index (χ0n) is 12.3. The van der Waals surface area contributed by atoms with Crippen LogP contribution in [0.15, 0.2) is 36.5 Å². The maximum absolute atomic E-state index is 11.2. The molecule has 1 amide bonds. The number of pyridine rings is 1. The molecule has 0 bridgehead atoms. The van der Waals surface area contributed by atoms with Gasteiger partial charge in [0.05, 0.1) is 16.3 Å². The van der Waals surface area contributed by atoms with Crippen molar-refractivity contribution in [1.82, 2.24) is 9.97 Å². The molecule has 0 unspecified atom stereocenters. The fourth-order valence-corrected chi connectivity index (χ4v) is 4.03. The van der Waals surface area contributed by atoms with Gasteiger partial charge in [-0.2, -0.15) is 0 Å². The first-order valence-electron chi connectivity index (χ1n) is 7.13. The Labute approximate surface area is 142 Å². The molecule has 3 aromatic rings. The largest absolute Gasteiger partial charge is 0.302 e. The third-order valence-electron chi connectivity index (χ3n) is 3.72. The number of nitrogens with one attached hydrogen (secondary N) is 1. The molecular weight excluding hydrogens is 330 g/mol. The van der Waals surface area contributed by atoms with E-state index >= 15 is 0 Å². The second-order valence-corrected chi connectivity index (χ2v) is 6.77. The third kappa shape index (κ3) is 2.52. The fraction of sp³-hybridized carbons (Fsp3) is 0.118. The van der Waals surface area contributed by atoms with Crippen molar-refractivity contribution in [2.45, 2.75) is 13.3 Å². The Morgan fingerprint density at radius 2 is 2.13 bits per heavy atom. The van der Waals surface area contributed by atoms with Crippen LogP contribution in [-0.4, -0.2) is 15.9 Å². The number of carbonyl (C=O) groups is 1. The fourth-order valence-electron chi connectivity index (χ4n) is 2.72. The number of hydrogen-bond acceptors (Lipinski definition) is 4. The number of amides is 1. The van der Waals surface area contributed by atoms with Gasteiger partial charge in [0.25, 0.3) is 0 Å². The lowest BCUT2D eigenvalue weighted by Gasteiger charge is -2.06. The summed E-state index contributed by atoms with van der Waals surface area (Å²) < 4.78 is 0. The molecule has 0 fully saturated rings. The van der Waals surface area contributed by atoms with Gasteiger partial charge in [0.15, 0.2) is 5.13 Å². The van der Waals surface area contributed by atoms with Crippen molar-refractivity contribution in [3.8, 4) is 21.7 Å². The lowest BCUT2D eigenvalue weighted by molar-refractivity contribution is -0.114. The number of nitrogens with zero attached hydrogens (tertiary/aromatic N) is 2. The van der Waals surface area contributed by atoms with Gasteiger partial charge in [-0.1, -0.05) is 41.1 Å². The molecule has 4 rings (SSSR count). The van der Waals surface area contributed by atoms with Gasteiger partial charge in [0.1, 0.15) is 0 Å². The molecule has 23 heavy (non-hydrogen) atoms. The Kier molecular flexibility index (Phi) is 3.39. The Hall–Kier alpha value is -2.24. The van der Waals surface area contributed by atoms with Gasteiger partial charge in [-0.15, -0.1) is 0 Å². The number of fused-ring (bicyclic) bond motifs is 3. The zero-order valence-corrected chi connectivity index (χ0v) is 13.8. The van der Waals surface area contributed by atoms with Crippen molar-refractivity contribution < 1.29 is 4.79 Å². The topological polar surface area (TPSA) is 54.9 Å². The molecule has 1 aliphatic rings. The number of anilines is 1. The number of rotatable bonds is 2. The predicted octanol–water partition coefficient (Wildman–Crippen LogP) is 4.39. The lowest BCUT2D eigenvalue weighted by atomic mass is 10.1. The minimum Gasteiger partial charge on any atom is -0.302 e. The van der Waals surface area contributed by atoms with Crippen LogP contribution in [-0.2, 0) is 11.2 Å². The molecule has 2 heterocycles. The number of halogens is 1. The highest BCUT2D eigenvalue weighted by molar-refractivity contribution is 7.19. The van der Waals surface area contributed by atoms with E-state index in [0.717, 1.165) is 39.4 Å². The van der Waals surface area contributed by atoms with Gasteiger partial charge in [-0.25, -0.2) is 4.98 Å². The van der Waals surface area contributed by atoms with E-state index in [1.165, 1.54) is 18.3 Å². The second-order valence-electron chi connectivity index (χ2n) is 5.36. The van der Waals surface area contributed by atoms with Crippen LogP contribution in [0, 0.1) is 0 Å². The van der Waals surface area contributed by atoms with Gasteiger partial charge in [-0.3, -0.25) is 9.78 Å². The summed E-state index contributed by atoms with van der Waals surface area (Å²) in [6.07, 6.45) is 2.64. The summed E-state index contributed by atoms with van der Waals surface area (Å²) in [7, 11) is 0. The van der Waals surface area contributed by atoms with Crippen LogP contribution in [0.2, 0.25) is 5.02 Å². The smallest absolute Gasteiger partial charge is 0.223 e. The molecule has 114 valence electrons. The molecule has 0 saturated carbocycles.